The number of anilines is 2. The first-order valence-electron chi connectivity index (χ1n) is 9.45. The van der Waals surface area contributed by atoms with Crippen molar-refractivity contribution in [3.8, 4) is 0 Å². The van der Waals surface area contributed by atoms with Crippen LogP contribution >= 0.6 is 0 Å². The zero-order valence-corrected chi connectivity index (χ0v) is 15.4. The molecule has 0 bridgehead atoms. The van der Waals surface area contributed by atoms with E-state index < -0.39 is 0 Å². The maximum absolute atomic E-state index is 5.46. The first-order chi connectivity index (χ1) is 12.7. The van der Waals surface area contributed by atoms with E-state index in [0.717, 1.165) is 63.0 Å². The van der Waals surface area contributed by atoms with E-state index in [2.05, 4.69) is 39.2 Å². The van der Waals surface area contributed by atoms with Crippen molar-refractivity contribution in [2.24, 2.45) is 0 Å². The molecule has 0 amide bonds. The quantitative estimate of drug-likeness (QED) is 0.872. The monoisotopic (exact) mass is 358 g/mol. The van der Waals surface area contributed by atoms with E-state index in [4.69, 9.17) is 14.2 Å². The summed E-state index contributed by atoms with van der Waals surface area (Å²) in [5, 5.41) is 7.34. The molecule has 0 aliphatic carbocycles. The average molecular weight is 358 g/mol. The van der Waals surface area contributed by atoms with Crippen LogP contribution in [0.1, 0.15) is 56.5 Å². The fraction of sp³-hybridized carbons (Fsp3) is 0.667. The van der Waals surface area contributed by atoms with Gasteiger partial charge in [-0.2, -0.15) is 4.98 Å². The van der Waals surface area contributed by atoms with Crippen molar-refractivity contribution >= 4 is 12.0 Å². The molecule has 4 rings (SSSR count). The zero-order valence-electron chi connectivity index (χ0n) is 15.4. The second-order valence-electron chi connectivity index (χ2n) is 7.36. The maximum atomic E-state index is 5.46. The molecule has 0 aromatic carbocycles. The Bertz CT molecular complexity index is 728. The molecule has 26 heavy (non-hydrogen) atoms. The van der Waals surface area contributed by atoms with Gasteiger partial charge in [-0.05, 0) is 25.3 Å². The molecular weight excluding hydrogens is 332 g/mol. The van der Waals surface area contributed by atoms with Gasteiger partial charge in [0, 0.05) is 56.1 Å². The van der Waals surface area contributed by atoms with Gasteiger partial charge in [-0.25, -0.2) is 9.97 Å². The van der Waals surface area contributed by atoms with Crippen LogP contribution in [0.15, 0.2) is 16.8 Å². The fourth-order valence-electron chi connectivity index (χ4n) is 3.50. The van der Waals surface area contributed by atoms with Crippen molar-refractivity contribution in [1.82, 2.24) is 20.1 Å². The Kier molecular flexibility index (Phi) is 5.01. The highest BCUT2D eigenvalue weighted by atomic mass is 16.5. The van der Waals surface area contributed by atoms with Crippen molar-refractivity contribution in [2.45, 2.75) is 51.0 Å². The van der Waals surface area contributed by atoms with E-state index in [0.29, 0.717) is 11.9 Å². The molecule has 0 spiro atoms. The van der Waals surface area contributed by atoms with Crippen molar-refractivity contribution in [2.75, 3.05) is 36.5 Å². The Morgan fingerprint density at radius 1 is 1.19 bits per heavy atom. The third-order valence-corrected chi connectivity index (χ3v) is 5.06. The Labute approximate surface area is 153 Å². The van der Waals surface area contributed by atoms with Gasteiger partial charge in [0.25, 0.3) is 0 Å². The number of nitrogens with zero attached hydrogens (tertiary/aromatic N) is 5. The lowest BCUT2D eigenvalue weighted by Gasteiger charge is -2.23. The second-order valence-corrected chi connectivity index (χ2v) is 7.36. The minimum Gasteiger partial charge on any atom is -0.381 e. The van der Waals surface area contributed by atoms with Gasteiger partial charge in [-0.15, -0.1) is 0 Å². The highest BCUT2D eigenvalue weighted by Gasteiger charge is 2.27. The molecular formula is C18H26N6O2. The standard InChI is InChI=1S/C18H26N6O2/c1-12(2)16-22-18(26-23-16)20-14-4-8-24(11-14)17-19-7-3-15(21-17)13-5-9-25-10-6-13/h3,7,12-14H,4-6,8-11H2,1-2H3,(H,20,22,23). The molecule has 1 unspecified atom stereocenters. The topological polar surface area (TPSA) is 89.2 Å². The molecule has 1 atom stereocenters. The number of hydrogen-bond acceptors (Lipinski definition) is 8. The summed E-state index contributed by atoms with van der Waals surface area (Å²) in [5.41, 5.74) is 1.13. The summed E-state index contributed by atoms with van der Waals surface area (Å²) in [6.45, 7) is 7.49. The summed E-state index contributed by atoms with van der Waals surface area (Å²) in [4.78, 5) is 15.9. The normalized spacial score (nSPS) is 21.5. The third kappa shape index (κ3) is 3.80. The van der Waals surface area contributed by atoms with Crippen LogP contribution in [0, 0.1) is 0 Å². The highest BCUT2D eigenvalue weighted by Crippen LogP contribution is 2.27. The van der Waals surface area contributed by atoms with Crippen molar-refractivity contribution in [3.63, 3.8) is 0 Å². The van der Waals surface area contributed by atoms with Crippen molar-refractivity contribution in [1.29, 1.82) is 0 Å². The molecule has 140 valence electrons. The SMILES string of the molecule is CC(C)c1noc(NC2CCN(c3nccc(C4CCOCC4)n3)C2)n1. The number of rotatable bonds is 5. The van der Waals surface area contributed by atoms with Gasteiger partial charge >= 0.3 is 6.01 Å². The minimum atomic E-state index is 0.255. The van der Waals surface area contributed by atoms with Gasteiger partial charge < -0.3 is 19.5 Å². The van der Waals surface area contributed by atoms with Crippen LogP contribution in [0.4, 0.5) is 12.0 Å². The molecule has 1 N–H and O–H groups in total. The van der Waals surface area contributed by atoms with Crippen molar-refractivity contribution < 1.29 is 9.26 Å². The van der Waals surface area contributed by atoms with Gasteiger partial charge in [0.2, 0.25) is 5.95 Å². The summed E-state index contributed by atoms with van der Waals surface area (Å²) >= 11 is 0. The lowest BCUT2D eigenvalue weighted by molar-refractivity contribution is 0.0845. The summed E-state index contributed by atoms with van der Waals surface area (Å²) in [6.07, 6.45) is 4.94. The van der Waals surface area contributed by atoms with Crippen LogP contribution in [0.2, 0.25) is 0 Å². The first-order valence-corrected chi connectivity index (χ1v) is 9.45. The number of aromatic nitrogens is 4. The predicted octanol–water partition coefficient (Wildman–Crippen LogP) is 2.57. The van der Waals surface area contributed by atoms with Crippen LogP contribution in [0.5, 0.6) is 0 Å². The molecule has 0 saturated carbocycles. The number of hydrogen-bond donors (Lipinski definition) is 1. The molecule has 2 fully saturated rings. The summed E-state index contributed by atoms with van der Waals surface area (Å²) in [5.74, 6) is 2.28. The summed E-state index contributed by atoms with van der Waals surface area (Å²) in [7, 11) is 0. The van der Waals surface area contributed by atoms with Crippen LogP contribution in [0.3, 0.4) is 0 Å². The Balaban J connectivity index is 1.38. The molecule has 2 aromatic heterocycles. The highest BCUT2D eigenvalue weighted by molar-refractivity contribution is 5.36. The summed E-state index contributed by atoms with van der Waals surface area (Å²) in [6, 6.07) is 2.79. The lowest BCUT2D eigenvalue weighted by atomic mass is 9.96. The lowest BCUT2D eigenvalue weighted by Crippen LogP contribution is -2.27. The average Bonchev–Trinajstić information content (AvgIpc) is 3.33. The van der Waals surface area contributed by atoms with Crippen LogP contribution in [-0.2, 0) is 4.74 Å². The molecule has 2 aromatic rings. The van der Waals surface area contributed by atoms with Crippen LogP contribution < -0.4 is 10.2 Å². The molecule has 8 nitrogen and oxygen atoms in total. The molecule has 0 radical (unpaired) electrons. The van der Waals surface area contributed by atoms with E-state index in [1.807, 2.05) is 12.3 Å². The Morgan fingerprint density at radius 2 is 2.04 bits per heavy atom. The maximum Gasteiger partial charge on any atom is 0.321 e. The largest absolute Gasteiger partial charge is 0.381 e. The van der Waals surface area contributed by atoms with Crippen molar-refractivity contribution in [3.05, 3.63) is 23.8 Å². The van der Waals surface area contributed by atoms with Crippen LogP contribution in [-0.4, -0.2) is 52.5 Å². The fourth-order valence-corrected chi connectivity index (χ4v) is 3.50. The first kappa shape index (κ1) is 17.2. The predicted molar refractivity (Wildman–Crippen MR) is 97.5 cm³/mol. The van der Waals surface area contributed by atoms with E-state index in [1.54, 1.807) is 0 Å². The third-order valence-electron chi connectivity index (χ3n) is 5.06. The zero-order chi connectivity index (χ0) is 17.9. The Hall–Kier alpha value is -2.22. The van der Waals surface area contributed by atoms with Crippen LogP contribution in [0.25, 0.3) is 0 Å². The summed E-state index contributed by atoms with van der Waals surface area (Å²) < 4.78 is 10.7. The van der Waals surface area contributed by atoms with Gasteiger partial charge in [0.05, 0.1) is 0 Å². The smallest absolute Gasteiger partial charge is 0.321 e. The Morgan fingerprint density at radius 3 is 2.81 bits per heavy atom. The molecule has 2 aliphatic heterocycles. The molecule has 2 aliphatic rings. The molecule has 2 saturated heterocycles. The van der Waals surface area contributed by atoms with E-state index in [9.17, 15) is 0 Å². The van der Waals surface area contributed by atoms with Gasteiger partial charge in [0.15, 0.2) is 5.82 Å². The van der Waals surface area contributed by atoms with Gasteiger partial charge in [-0.3, -0.25) is 0 Å². The van der Waals surface area contributed by atoms with E-state index >= 15 is 0 Å². The molecule has 4 heterocycles. The van der Waals surface area contributed by atoms with E-state index in [-0.39, 0.29) is 12.0 Å². The number of nitrogens with one attached hydrogen (secondary N) is 1. The van der Waals surface area contributed by atoms with Gasteiger partial charge in [-0.1, -0.05) is 19.0 Å². The van der Waals surface area contributed by atoms with E-state index in [1.165, 1.54) is 0 Å². The second kappa shape index (κ2) is 7.57. The van der Waals surface area contributed by atoms with Gasteiger partial charge in [0.1, 0.15) is 0 Å². The number of ether oxygens (including phenoxy) is 1. The minimum absolute atomic E-state index is 0.255. The molecule has 8 heteroatoms.